The lowest BCUT2D eigenvalue weighted by Gasteiger charge is -2.12. The normalized spacial score (nSPS) is 15.3. The van der Waals surface area contributed by atoms with Gasteiger partial charge in [-0.05, 0) is 65.4 Å². The first-order valence-electron chi connectivity index (χ1n) is 9.26. The molecule has 0 aromatic heterocycles. The number of carbonyl (C=O) groups is 1. The van der Waals surface area contributed by atoms with Crippen LogP contribution in [0.1, 0.15) is 27.0 Å². The van der Waals surface area contributed by atoms with Crippen molar-refractivity contribution in [3.63, 3.8) is 0 Å². The molecule has 0 radical (unpaired) electrons. The zero-order valence-corrected chi connectivity index (χ0v) is 16.7. The predicted molar refractivity (Wildman–Crippen MR) is 114 cm³/mol. The maximum absolute atomic E-state index is 12.9. The van der Waals surface area contributed by atoms with Gasteiger partial charge in [-0.15, -0.1) is 12.4 Å². The number of nitrogens with two attached hydrogens (primary N) is 1. The molecule has 1 amide bonds. The van der Waals surface area contributed by atoms with Gasteiger partial charge in [-0.2, -0.15) is 13.2 Å². The van der Waals surface area contributed by atoms with Gasteiger partial charge < -0.3 is 11.1 Å². The number of halogens is 4. The predicted octanol–water partition coefficient (Wildman–Crippen LogP) is 5.47. The fourth-order valence-electron chi connectivity index (χ4n) is 3.70. The van der Waals surface area contributed by atoms with E-state index >= 15 is 0 Å². The largest absolute Gasteiger partial charge is 0.416 e. The number of alkyl halides is 3. The van der Waals surface area contributed by atoms with Crippen LogP contribution in [0.2, 0.25) is 0 Å². The molecule has 3 aromatic carbocycles. The highest BCUT2D eigenvalue weighted by molar-refractivity contribution is 6.08. The number of fused-ring (bicyclic) bond motifs is 1. The molecule has 3 aromatic rings. The van der Waals surface area contributed by atoms with Crippen molar-refractivity contribution in [3.8, 4) is 11.1 Å². The average molecular weight is 433 g/mol. The van der Waals surface area contributed by atoms with Crippen LogP contribution < -0.4 is 11.1 Å². The van der Waals surface area contributed by atoms with Gasteiger partial charge in [0.25, 0.3) is 5.91 Å². The summed E-state index contributed by atoms with van der Waals surface area (Å²) >= 11 is 0. The second kappa shape index (κ2) is 8.50. The molecule has 0 heterocycles. The highest BCUT2D eigenvalue weighted by Crippen LogP contribution is 2.32. The summed E-state index contributed by atoms with van der Waals surface area (Å²) in [7, 11) is 0. The lowest BCUT2D eigenvalue weighted by atomic mass is 9.98. The van der Waals surface area contributed by atoms with Gasteiger partial charge in [-0.3, -0.25) is 4.79 Å². The summed E-state index contributed by atoms with van der Waals surface area (Å²) in [6.07, 6.45) is -2.78. The quantitative estimate of drug-likeness (QED) is 0.576. The van der Waals surface area contributed by atoms with E-state index in [4.69, 9.17) is 5.73 Å². The second-order valence-corrected chi connectivity index (χ2v) is 7.23. The van der Waals surface area contributed by atoms with Gasteiger partial charge >= 0.3 is 6.18 Å². The minimum atomic E-state index is -4.40. The molecule has 0 saturated carbocycles. The Morgan fingerprint density at radius 2 is 1.60 bits per heavy atom. The Labute approximate surface area is 178 Å². The van der Waals surface area contributed by atoms with E-state index in [1.807, 2.05) is 18.2 Å². The maximum Gasteiger partial charge on any atom is 0.416 e. The van der Waals surface area contributed by atoms with Crippen LogP contribution in [0.4, 0.5) is 18.9 Å². The van der Waals surface area contributed by atoms with Crippen molar-refractivity contribution >= 4 is 24.0 Å². The number of rotatable bonds is 3. The third-order valence-corrected chi connectivity index (χ3v) is 5.12. The third kappa shape index (κ3) is 4.50. The molecular formula is C23H20ClF3N2O. The first-order chi connectivity index (χ1) is 13.8. The van der Waals surface area contributed by atoms with E-state index in [1.54, 1.807) is 24.3 Å². The van der Waals surface area contributed by atoms with Crippen molar-refractivity contribution in [1.29, 1.82) is 0 Å². The van der Waals surface area contributed by atoms with Crippen molar-refractivity contribution in [3.05, 3.63) is 89.0 Å². The topological polar surface area (TPSA) is 55.1 Å². The molecule has 156 valence electrons. The molecule has 0 spiro atoms. The number of benzene rings is 3. The standard InChI is InChI=1S/C23H19F3N2O.ClH/c24-23(25,26)17-8-5-14(6-9-17)20-3-1-2-4-21(20)22(29)28-19-10-7-15-11-18(27)12-16(15)13-19;/h1-10,13,18H,11-12,27H2,(H,28,29);1H. The fraction of sp³-hybridized carbons (Fsp3) is 0.174. The van der Waals surface area contributed by atoms with E-state index in [9.17, 15) is 18.0 Å². The first-order valence-corrected chi connectivity index (χ1v) is 9.26. The molecule has 0 aliphatic heterocycles. The monoisotopic (exact) mass is 432 g/mol. The Bertz CT molecular complexity index is 1060. The Balaban J connectivity index is 0.00000256. The molecule has 1 atom stereocenters. The van der Waals surface area contributed by atoms with Gasteiger partial charge in [0.1, 0.15) is 0 Å². The molecular weight excluding hydrogens is 413 g/mol. The van der Waals surface area contributed by atoms with Crippen LogP contribution >= 0.6 is 12.4 Å². The zero-order valence-electron chi connectivity index (χ0n) is 15.9. The molecule has 4 rings (SSSR count). The summed E-state index contributed by atoms with van der Waals surface area (Å²) in [6, 6.07) is 17.5. The van der Waals surface area contributed by atoms with E-state index in [2.05, 4.69) is 5.32 Å². The highest BCUT2D eigenvalue weighted by atomic mass is 35.5. The number of carbonyl (C=O) groups excluding carboxylic acids is 1. The van der Waals surface area contributed by atoms with E-state index < -0.39 is 11.7 Å². The summed E-state index contributed by atoms with van der Waals surface area (Å²) in [4.78, 5) is 12.9. The minimum Gasteiger partial charge on any atom is -0.327 e. The zero-order chi connectivity index (χ0) is 20.6. The molecule has 1 unspecified atom stereocenters. The Morgan fingerprint density at radius 1 is 0.933 bits per heavy atom. The highest BCUT2D eigenvalue weighted by Gasteiger charge is 2.30. The van der Waals surface area contributed by atoms with Crippen LogP contribution in [-0.2, 0) is 19.0 Å². The molecule has 0 fully saturated rings. The fourth-order valence-corrected chi connectivity index (χ4v) is 3.70. The molecule has 0 bridgehead atoms. The lowest BCUT2D eigenvalue weighted by molar-refractivity contribution is -0.137. The summed E-state index contributed by atoms with van der Waals surface area (Å²) in [5.41, 5.74) is 9.78. The lowest BCUT2D eigenvalue weighted by Crippen LogP contribution is -2.19. The van der Waals surface area contributed by atoms with Crippen molar-refractivity contribution in [1.82, 2.24) is 0 Å². The molecule has 30 heavy (non-hydrogen) atoms. The summed E-state index contributed by atoms with van der Waals surface area (Å²) in [6.45, 7) is 0. The van der Waals surface area contributed by atoms with Crippen molar-refractivity contribution in [2.45, 2.75) is 25.1 Å². The molecule has 3 nitrogen and oxygen atoms in total. The number of amides is 1. The smallest absolute Gasteiger partial charge is 0.327 e. The Kier molecular flexibility index (Phi) is 6.19. The average Bonchev–Trinajstić information content (AvgIpc) is 3.06. The van der Waals surface area contributed by atoms with Gasteiger partial charge in [0.2, 0.25) is 0 Å². The molecule has 0 saturated heterocycles. The maximum atomic E-state index is 12.9. The number of anilines is 1. The van der Waals surface area contributed by atoms with E-state index in [0.717, 1.165) is 30.5 Å². The van der Waals surface area contributed by atoms with Crippen LogP contribution in [-0.4, -0.2) is 11.9 Å². The van der Waals surface area contributed by atoms with Crippen LogP contribution in [0.15, 0.2) is 66.7 Å². The van der Waals surface area contributed by atoms with Crippen LogP contribution in [0.5, 0.6) is 0 Å². The van der Waals surface area contributed by atoms with Gasteiger partial charge in [-0.1, -0.05) is 36.4 Å². The molecule has 3 N–H and O–H groups in total. The molecule has 1 aliphatic carbocycles. The summed E-state index contributed by atoms with van der Waals surface area (Å²) < 4.78 is 38.5. The van der Waals surface area contributed by atoms with Crippen molar-refractivity contribution < 1.29 is 18.0 Å². The van der Waals surface area contributed by atoms with E-state index in [0.29, 0.717) is 22.4 Å². The Hall–Kier alpha value is -2.83. The van der Waals surface area contributed by atoms with Crippen LogP contribution in [0.25, 0.3) is 11.1 Å². The van der Waals surface area contributed by atoms with Crippen LogP contribution in [0.3, 0.4) is 0 Å². The van der Waals surface area contributed by atoms with Crippen molar-refractivity contribution in [2.24, 2.45) is 5.73 Å². The number of hydrogen-bond donors (Lipinski definition) is 2. The van der Waals surface area contributed by atoms with Crippen LogP contribution in [0, 0.1) is 0 Å². The number of nitrogens with one attached hydrogen (secondary N) is 1. The van der Waals surface area contributed by atoms with Gasteiger partial charge in [0.15, 0.2) is 0 Å². The third-order valence-electron chi connectivity index (χ3n) is 5.12. The van der Waals surface area contributed by atoms with Gasteiger partial charge in [0.05, 0.1) is 5.56 Å². The summed E-state index contributed by atoms with van der Waals surface area (Å²) in [5, 5.41) is 2.89. The number of hydrogen-bond acceptors (Lipinski definition) is 2. The first kappa shape index (κ1) is 21.9. The van der Waals surface area contributed by atoms with E-state index in [1.165, 1.54) is 17.7 Å². The Morgan fingerprint density at radius 3 is 2.30 bits per heavy atom. The van der Waals surface area contributed by atoms with Gasteiger partial charge in [0, 0.05) is 17.3 Å². The minimum absolute atomic E-state index is 0. The second-order valence-electron chi connectivity index (χ2n) is 7.23. The van der Waals surface area contributed by atoms with Gasteiger partial charge in [-0.25, -0.2) is 0 Å². The molecule has 7 heteroatoms. The SMILES string of the molecule is Cl.NC1Cc2ccc(NC(=O)c3ccccc3-c3ccc(C(F)(F)F)cc3)cc2C1. The molecule has 1 aliphatic rings. The summed E-state index contributed by atoms with van der Waals surface area (Å²) in [5.74, 6) is -0.317. The van der Waals surface area contributed by atoms with E-state index in [-0.39, 0.29) is 24.4 Å². The van der Waals surface area contributed by atoms with Crippen molar-refractivity contribution in [2.75, 3.05) is 5.32 Å².